The SMILES string of the molecule is COC(=O)NC1CCN(c2nc(C)cc(C)c2C(=O)O)C1. The summed E-state index contributed by atoms with van der Waals surface area (Å²) in [6.07, 6.45) is 0.247. The van der Waals surface area contributed by atoms with Crippen LogP contribution in [0.15, 0.2) is 6.07 Å². The third-order valence-corrected chi connectivity index (χ3v) is 3.53. The summed E-state index contributed by atoms with van der Waals surface area (Å²) in [4.78, 5) is 29.0. The minimum absolute atomic E-state index is 0.0679. The maximum atomic E-state index is 11.5. The number of hydrogen-bond acceptors (Lipinski definition) is 5. The van der Waals surface area contributed by atoms with E-state index < -0.39 is 12.1 Å². The lowest BCUT2D eigenvalue weighted by Crippen LogP contribution is -2.37. The van der Waals surface area contributed by atoms with Crippen molar-refractivity contribution in [3.05, 3.63) is 22.9 Å². The molecule has 1 unspecified atom stereocenters. The number of aromatic carboxylic acids is 1. The lowest BCUT2D eigenvalue weighted by molar-refractivity contribution is 0.0696. The second-order valence-corrected chi connectivity index (χ2v) is 5.15. The molecule has 1 aliphatic rings. The second-order valence-electron chi connectivity index (χ2n) is 5.15. The van der Waals surface area contributed by atoms with Crippen LogP contribution in [0.5, 0.6) is 0 Å². The van der Waals surface area contributed by atoms with E-state index in [-0.39, 0.29) is 11.6 Å². The smallest absolute Gasteiger partial charge is 0.407 e. The number of aromatic nitrogens is 1. The van der Waals surface area contributed by atoms with Crippen molar-refractivity contribution in [2.45, 2.75) is 26.3 Å². The van der Waals surface area contributed by atoms with Crippen molar-refractivity contribution >= 4 is 17.9 Å². The molecule has 0 spiro atoms. The number of carbonyl (C=O) groups excluding carboxylic acids is 1. The summed E-state index contributed by atoms with van der Waals surface area (Å²) in [7, 11) is 1.32. The van der Waals surface area contributed by atoms with Crippen LogP contribution in [0.2, 0.25) is 0 Å². The van der Waals surface area contributed by atoms with Crippen LogP contribution >= 0.6 is 0 Å². The van der Waals surface area contributed by atoms with Crippen LogP contribution in [0, 0.1) is 13.8 Å². The summed E-state index contributed by atoms with van der Waals surface area (Å²) < 4.78 is 4.57. The van der Waals surface area contributed by atoms with Gasteiger partial charge in [0.2, 0.25) is 0 Å². The third kappa shape index (κ3) is 3.24. The normalized spacial score (nSPS) is 17.7. The standard InChI is InChI=1S/C14H19N3O4/c1-8-6-9(2)15-12(11(8)13(18)19)17-5-4-10(7-17)16-14(20)21-3/h6,10H,4-5,7H2,1-3H3,(H,16,20)(H,18,19). The van der Waals surface area contributed by atoms with E-state index in [1.54, 1.807) is 13.0 Å². The Balaban J connectivity index is 2.23. The number of alkyl carbamates (subject to hydrolysis) is 1. The molecule has 21 heavy (non-hydrogen) atoms. The zero-order chi connectivity index (χ0) is 15.6. The number of ether oxygens (including phenoxy) is 1. The molecule has 1 aromatic rings. The molecule has 0 radical (unpaired) electrons. The Kier molecular flexibility index (Phi) is 4.30. The van der Waals surface area contributed by atoms with Crippen LogP contribution < -0.4 is 10.2 Å². The van der Waals surface area contributed by atoms with Gasteiger partial charge in [-0.2, -0.15) is 0 Å². The first-order chi connectivity index (χ1) is 9.92. The maximum absolute atomic E-state index is 11.5. The molecule has 7 heteroatoms. The Hall–Kier alpha value is -2.31. The van der Waals surface area contributed by atoms with Crippen molar-refractivity contribution in [1.82, 2.24) is 10.3 Å². The van der Waals surface area contributed by atoms with E-state index in [1.807, 2.05) is 11.8 Å². The Morgan fingerprint density at radius 3 is 2.81 bits per heavy atom. The number of anilines is 1. The lowest BCUT2D eigenvalue weighted by Gasteiger charge is -2.21. The highest BCUT2D eigenvalue weighted by Gasteiger charge is 2.29. The first kappa shape index (κ1) is 15.1. The van der Waals surface area contributed by atoms with Crippen LogP contribution in [-0.4, -0.2) is 48.4 Å². The summed E-state index contributed by atoms with van der Waals surface area (Å²) >= 11 is 0. The van der Waals surface area contributed by atoms with Gasteiger partial charge in [-0.05, 0) is 31.9 Å². The Morgan fingerprint density at radius 1 is 1.48 bits per heavy atom. The van der Waals surface area contributed by atoms with Crippen LogP contribution in [-0.2, 0) is 4.74 Å². The molecule has 1 saturated heterocycles. The van der Waals surface area contributed by atoms with Crippen molar-refractivity contribution < 1.29 is 19.4 Å². The van der Waals surface area contributed by atoms with Gasteiger partial charge >= 0.3 is 12.1 Å². The molecule has 0 aromatic carbocycles. The van der Waals surface area contributed by atoms with Gasteiger partial charge in [0.05, 0.1) is 13.2 Å². The summed E-state index contributed by atoms with van der Waals surface area (Å²) in [5, 5.41) is 12.1. The number of aryl methyl sites for hydroxylation is 2. The molecule has 2 rings (SSSR count). The lowest BCUT2D eigenvalue weighted by atomic mass is 10.1. The van der Waals surface area contributed by atoms with Gasteiger partial charge in [-0.1, -0.05) is 0 Å². The van der Waals surface area contributed by atoms with Crippen LogP contribution in [0.3, 0.4) is 0 Å². The predicted octanol–water partition coefficient (Wildman–Crippen LogP) is 1.33. The summed E-state index contributed by atoms with van der Waals surface area (Å²) in [6, 6.07) is 1.69. The molecule has 1 amide bonds. The van der Waals surface area contributed by atoms with E-state index in [0.717, 1.165) is 12.1 Å². The monoisotopic (exact) mass is 293 g/mol. The molecule has 1 aliphatic heterocycles. The fourth-order valence-corrected chi connectivity index (χ4v) is 2.61. The van der Waals surface area contributed by atoms with Gasteiger partial charge in [0.1, 0.15) is 11.4 Å². The molecule has 0 saturated carbocycles. The number of rotatable bonds is 3. The molecular weight excluding hydrogens is 274 g/mol. The van der Waals surface area contributed by atoms with Crippen molar-refractivity contribution in [2.24, 2.45) is 0 Å². The second kappa shape index (κ2) is 5.99. The Bertz CT molecular complexity index is 574. The highest BCUT2D eigenvalue weighted by Crippen LogP contribution is 2.26. The molecule has 1 atom stereocenters. The molecule has 0 bridgehead atoms. The van der Waals surface area contributed by atoms with Crippen LogP contribution in [0.25, 0.3) is 0 Å². The first-order valence-electron chi connectivity index (χ1n) is 6.73. The number of carboxylic acids is 1. The number of hydrogen-bond donors (Lipinski definition) is 2. The Morgan fingerprint density at radius 2 is 2.19 bits per heavy atom. The number of pyridine rings is 1. The zero-order valence-corrected chi connectivity index (χ0v) is 12.3. The summed E-state index contributed by atoms with van der Waals surface area (Å²) in [5.41, 5.74) is 1.69. The van der Waals surface area contributed by atoms with E-state index in [1.165, 1.54) is 7.11 Å². The Labute approximate surface area is 122 Å². The van der Waals surface area contributed by atoms with Crippen molar-refractivity contribution in [3.63, 3.8) is 0 Å². The van der Waals surface area contributed by atoms with Crippen LogP contribution in [0.1, 0.15) is 28.0 Å². The quantitative estimate of drug-likeness (QED) is 0.873. The van der Waals surface area contributed by atoms with E-state index in [9.17, 15) is 14.7 Å². The third-order valence-electron chi connectivity index (χ3n) is 3.53. The summed E-state index contributed by atoms with van der Waals surface area (Å²) in [5.74, 6) is -0.520. The molecule has 0 aliphatic carbocycles. The van der Waals surface area contributed by atoms with Crippen molar-refractivity contribution in [2.75, 3.05) is 25.1 Å². The van der Waals surface area contributed by atoms with Crippen LogP contribution in [0.4, 0.5) is 10.6 Å². The number of carboxylic acid groups (broad SMARTS) is 1. The predicted molar refractivity (Wildman–Crippen MR) is 76.8 cm³/mol. The van der Waals surface area contributed by atoms with E-state index in [0.29, 0.717) is 24.5 Å². The number of amides is 1. The molecule has 2 N–H and O–H groups in total. The molecule has 114 valence electrons. The van der Waals surface area contributed by atoms with E-state index in [2.05, 4.69) is 15.0 Å². The molecule has 1 aromatic heterocycles. The number of nitrogens with zero attached hydrogens (tertiary/aromatic N) is 2. The average molecular weight is 293 g/mol. The van der Waals surface area contributed by atoms with Gasteiger partial charge < -0.3 is 20.1 Å². The number of nitrogens with one attached hydrogen (secondary N) is 1. The zero-order valence-electron chi connectivity index (χ0n) is 12.3. The minimum atomic E-state index is -0.987. The van der Waals surface area contributed by atoms with E-state index in [4.69, 9.17) is 0 Å². The molecule has 1 fully saturated rings. The number of methoxy groups -OCH3 is 1. The fourth-order valence-electron chi connectivity index (χ4n) is 2.61. The largest absolute Gasteiger partial charge is 0.478 e. The highest BCUT2D eigenvalue weighted by molar-refractivity contribution is 5.95. The fraction of sp³-hybridized carbons (Fsp3) is 0.500. The van der Waals surface area contributed by atoms with E-state index >= 15 is 0 Å². The molecule has 2 heterocycles. The van der Waals surface area contributed by atoms with Gasteiger partial charge in [-0.15, -0.1) is 0 Å². The van der Waals surface area contributed by atoms with Gasteiger partial charge in [0.25, 0.3) is 0 Å². The minimum Gasteiger partial charge on any atom is -0.478 e. The first-order valence-corrected chi connectivity index (χ1v) is 6.73. The van der Waals surface area contributed by atoms with Gasteiger partial charge in [-0.3, -0.25) is 0 Å². The van der Waals surface area contributed by atoms with Gasteiger partial charge in [0, 0.05) is 18.8 Å². The highest BCUT2D eigenvalue weighted by atomic mass is 16.5. The summed E-state index contributed by atoms with van der Waals surface area (Å²) in [6.45, 7) is 4.76. The molecular formula is C14H19N3O4. The number of carbonyl (C=O) groups is 2. The van der Waals surface area contributed by atoms with Gasteiger partial charge in [0.15, 0.2) is 0 Å². The average Bonchev–Trinajstić information content (AvgIpc) is 2.85. The van der Waals surface area contributed by atoms with Crippen molar-refractivity contribution in [1.29, 1.82) is 0 Å². The maximum Gasteiger partial charge on any atom is 0.407 e. The topological polar surface area (TPSA) is 91.8 Å². The molecule has 7 nitrogen and oxygen atoms in total. The van der Waals surface area contributed by atoms with Gasteiger partial charge in [-0.25, -0.2) is 14.6 Å². The van der Waals surface area contributed by atoms with Crippen molar-refractivity contribution in [3.8, 4) is 0 Å².